The van der Waals surface area contributed by atoms with Gasteiger partial charge in [-0.2, -0.15) is 0 Å². The average molecular weight is 475 g/mol. The summed E-state index contributed by atoms with van der Waals surface area (Å²) in [5, 5.41) is 20.5. The molecule has 0 bridgehead atoms. The smallest absolute Gasteiger partial charge is 0.309 e. The van der Waals surface area contributed by atoms with Crippen molar-refractivity contribution in [3.63, 3.8) is 0 Å². The molecule has 0 aliphatic heterocycles. The number of carbonyl (C=O) groups is 1. The highest BCUT2D eigenvalue weighted by Crippen LogP contribution is 2.43. The lowest BCUT2D eigenvalue weighted by Crippen LogP contribution is -2.28. The first-order valence-corrected chi connectivity index (χ1v) is 10.3. The first kappa shape index (κ1) is 18.4. The Bertz CT molecular complexity index is 1020. The van der Waals surface area contributed by atoms with Crippen LogP contribution in [0, 0.1) is 9.25 Å². The molecule has 1 aliphatic rings. The molecule has 0 spiro atoms. The number of aromatic nitrogens is 3. The summed E-state index contributed by atoms with van der Waals surface area (Å²) in [6.07, 6.45) is 2.90. The molecule has 4 rings (SSSR count). The van der Waals surface area contributed by atoms with Crippen molar-refractivity contribution in [2.45, 2.75) is 45.6 Å². The zero-order valence-corrected chi connectivity index (χ0v) is 17.6. The number of rotatable bonds is 6. The van der Waals surface area contributed by atoms with Gasteiger partial charge in [0.1, 0.15) is 5.82 Å². The molecule has 1 fully saturated rings. The predicted molar refractivity (Wildman–Crippen MR) is 113 cm³/mol. The van der Waals surface area contributed by atoms with E-state index in [-0.39, 0.29) is 0 Å². The number of hydrogen-bond acceptors (Lipinski definition) is 3. The maximum atomic E-state index is 11.5. The number of hydrogen-bond donors (Lipinski definition) is 1. The van der Waals surface area contributed by atoms with Crippen molar-refractivity contribution in [3.8, 4) is 0 Å². The summed E-state index contributed by atoms with van der Waals surface area (Å²) in [5.41, 5.74) is 1.77. The maximum Gasteiger partial charge on any atom is 0.309 e. The fraction of sp³-hybridized carbons (Fsp3) is 0.381. The number of aliphatic carboxylic acids is 1. The lowest BCUT2D eigenvalue weighted by atomic mass is 9.89. The highest BCUT2D eigenvalue weighted by molar-refractivity contribution is 14.1. The number of carboxylic acids is 1. The molecule has 1 aromatic heterocycles. The number of benzene rings is 2. The van der Waals surface area contributed by atoms with Crippen molar-refractivity contribution in [2.75, 3.05) is 0 Å². The van der Waals surface area contributed by atoms with E-state index in [2.05, 4.69) is 69.2 Å². The molecule has 6 heteroatoms. The van der Waals surface area contributed by atoms with E-state index in [4.69, 9.17) is 0 Å². The van der Waals surface area contributed by atoms with Crippen LogP contribution >= 0.6 is 22.6 Å². The first-order chi connectivity index (χ1) is 12.9. The summed E-state index contributed by atoms with van der Waals surface area (Å²) in [5.74, 6) is 0.583. The second-order valence-electron chi connectivity index (χ2n) is 7.97. The van der Waals surface area contributed by atoms with Gasteiger partial charge in [0.25, 0.3) is 0 Å². The van der Waals surface area contributed by atoms with Gasteiger partial charge >= 0.3 is 5.97 Å². The summed E-state index contributed by atoms with van der Waals surface area (Å²) in [6.45, 7) is 4.09. The molecule has 0 unspecified atom stereocenters. The molecule has 2 aromatic carbocycles. The van der Waals surface area contributed by atoms with Crippen LogP contribution < -0.4 is 0 Å². The molecule has 140 valence electrons. The van der Waals surface area contributed by atoms with Crippen LogP contribution in [-0.2, 0) is 17.8 Å². The van der Waals surface area contributed by atoms with Crippen molar-refractivity contribution in [1.82, 2.24) is 14.8 Å². The lowest BCUT2D eigenvalue weighted by molar-refractivity contribution is -0.146. The van der Waals surface area contributed by atoms with E-state index in [1.54, 1.807) is 13.8 Å². The normalized spacial score (nSPS) is 14.6. The van der Waals surface area contributed by atoms with Gasteiger partial charge in [-0.3, -0.25) is 4.79 Å². The zero-order chi connectivity index (χ0) is 19.2. The van der Waals surface area contributed by atoms with E-state index >= 15 is 0 Å². The minimum Gasteiger partial charge on any atom is -0.481 e. The number of carboxylic acid groups (broad SMARTS) is 1. The van der Waals surface area contributed by atoms with E-state index in [0.717, 1.165) is 3.83 Å². The summed E-state index contributed by atoms with van der Waals surface area (Å²) < 4.78 is 2.81. The molecular weight excluding hydrogens is 453 g/mol. The Labute approximate surface area is 171 Å². The number of halogens is 1. The van der Waals surface area contributed by atoms with Crippen LogP contribution in [0.15, 0.2) is 36.4 Å². The minimum atomic E-state index is -0.883. The van der Waals surface area contributed by atoms with Gasteiger partial charge in [-0.25, -0.2) is 0 Å². The molecule has 1 aliphatic carbocycles. The van der Waals surface area contributed by atoms with Crippen molar-refractivity contribution < 1.29 is 9.90 Å². The monoisotopic (exact) mass is 475 g/mol. The van der Waals surface area contributed by atoms with Crippen molar-refractivity contribution >= 4 is 39.3 Å². The molecule has 27 heavy (non-hydrogen) atoms. The molecular formula is C21H22IN3O2. The van der Waals surface area contributed by atoms with Gasteiger partial charge in [-0.1, -0.05) is 36.4 Å². The summed E-state index contributed by atoms with van der Waals surface area (Å²) in [7, 11) is 0. The van der Waals surface area contributed by atoms with Gasteiger partial charge in [0.2, 0.25) is 0 Å². The third-order valence-electron chi connectivity index (χ3n) is 5.35. The Kier molecular flexibility index (Phi) is 4.70. The molecule has 5 nitrogen and oxygen atoms in total. The number of nitrogens with zero attached hydrogens (tertiary/aromatic N) is 3. The second-order valence-corrected chi connectivity index (χ2v) is 8.94. The summed E-state index contributed by atoms with van der Waals surface area (Å²) in [6, 6.07) is 13.0. The minimum absolute atomic E-state index is 0.344. The van der Waals surface area contributed by atoms with Crippen LogP contribution in [0.1, 0.15) is 49.6 Å². The molecule has 0 radical (unpaired) electrons. The van der Waals surface area contributed by atoms with Gasteiger partial charge in [0.15, 0.2) is 3.83 Å². The fourth-order valence-electron chi connectivity index (χ4n) is 3.51. The SMILES string of the molecule is CC(C)(Cc1nnc(I)n1Cc1ccc(C2CC2)c2ccccc12)C(=O)O. The average Bonchev–Trinajstić information content (AvgIpc) is 3.42. The van der Waals surface area contributed by atoms with Crippen LogP contribution in [0.5, 0.6) is 0 Å². The molecule has 1 N–H and O–H groups in total. The Morgan fingerprint density at radius 3 is 2.56 bits per heavy atom. The Morgan fingerprint density at radius 1 is 1.19 bits per heavy atom. The van der Waals surface area contributed by atoms with Crippen LogP contribution in [0.3, 0.4) is 0 Å². The van der Waals surface area contributed by atoms with Crippen molar-refractivity contribution in [1.29, 1.82) is 0 Å². The molecule has 1 heterocycles. The standard InChI is InChI=1S/C21H22IN3O2/c1-21(2,19(26)27)11-18-23-24-20(22)25(18)12-14-9-10-16(13-7-8-13)17-6-4-3-5-15(14)17/h3-6,9-10,13H,7-8,11-12H2,1-2H3,(H,26,27). The molecule has 0 atom stereocenters. The van der Waals surface area contributed by atoms with E-state index in [0.29, 0.717) is 24.7 Å². The maximum absolute atomic E-state index is 11.5. The highest BCUT2D eigenvalue weighted by atomic mass is 127. The molecule has 1 saturated carbocycles. The summed E-state index contributed by atoms with van der Waals surface area (Å²) >= 11 is 2.17. The molecule has 0 amide bonds. The van der Waals surface area contributed by atoms with E-state index in [1.807, 2.05) is 4.57 Å². The quantitative estimate of drug-likeness (QED) is 0.529. The van der Waals surface area contributed by atoms with Gasteiger partial charge in [-0.05, 0) is 54.5 Å². The topological polar surface area (TPSA) is 68.0 Å². The van der Waals surface area contributed by atoms with Crippen LogP contribution in [0.4, 0.5) is 0 Å². The van der Waals surface area contributed by atoms with E-state index in [1.165, 1.54) is 34.7 Å². The Hall–Kier alpha value is -1.96. The highest BCUT2D eigenvalue weighted by Gasteiger charge is 2.30. The summed E-state index contributed by atoms with van der Waals surface area (Å²) in [4.78, 5) is 11.5. The Morgan fingerprint density at radius 2 is 1.89 bits per heavy atom. The largest absolute Gasteiger partial charge is 0.481 e. The third kappa shape index (κ3) is 3.59. The Balaban J connectivity index is 1.72. The van der Waals surface area contributed by atoms with E-state index < -0.39 is 11.4 Å². The fourth-order valence-corrected chi connectivity index (χ4v) is 4.07. The van der Waals surface area contributed by atoms with Crippen molar-refractivity contribution in [3.05, 3.63) is 57.2 Å². The molecule has 3 aromatic rings. The van der Waals surface area contributed by atoms with Gasteiger partial charge in [0, 0.05) is 29.0 Å². The van der Waals surface area contributed by atoms with Gasteiger partial charge in [-0.15, -0.1) is 10.2 Å². The van der Waals surface area contributed by atoms with Crippen LogP contribution in [0.2, 0.25) is 0 Å². The first-order valence-electron chi connectivity index (χ1n) is 9.18. The van der Waals surface area contributed by atoms with Crippen LogP contribution in [0.25, 0.3) is 10.8 Å². The van der Waals surface area contributed by atoms with Gasteiger partial charge in [0.05, 0.1) is 12.0 Å². The van der Waals surface area contributed by atoms with E-state index in [9.17, 15) is 9.90 Å². The zero-order valence-electron chi connectivity index (χ0n) is 15.4. The predicted octanol–water partition coefficient (Wildman–Crippen LogP) is 4.61. The van der Waals surface area contributed by atoms with Gasteiger partial charge < -0.3 is 9.67 Å². The van der Waals surface area contributed by atoms with Crippen LogP contribution in [-0.4, -0.2) is 25.8 Å². The lowest BCUT2D eigenvalue weighted by Gasteiger charge is -2.19. The third-order valence-corrected chi connectivity index (χ3v) is 6.15. The molecule has 0 saturated heterocycles. The second kappa shape index (κ2) is 6.89. The van der Waals surface area contributed by atoms with Crippen molar-refractivity contribution in [2.24, 2.45) is 5.41 Å². The number of fused-ring (bicyclic) bond motifs is 1.